The first kappa shape index (κ1) is 29.1. The van der Waals surface area contributed by atoms with Gasteiger partial charge < -0.3 is 43.4 Å². The van der Waals surface area contributed by atoms with E-state index in [2.05, 4.69) is 20.9 Å². The number of aliphatic carboxylic acids is 1. The highest BCUT2D eigenvalue weighted by molar-refractivity contribution is 5.93. The maximum Gasteiger partial charge on any atom is 0.328 e. The van der Waals surface area contributed by atoms with Crippen LogP contribution in [0.5, 0.6) is 0 Å². The SMILES string of the molecule is CC(C)CC(N)C(=O)NC(C)C(=O)NC(CCCN=C(N)N)C(=O)NC(C(=O)O)C(C)O. The second-order valence-electron chi connectivity index (χ2n) is 8.04. The number of carboxylic acid groups (broad SMARTS) is 1. The highest BCUT2D eigenvalue weighted by Crippen LogP contribution is 2.04. The van der Waals surface area contributed by atoms with Gasteiger partial charge in [-0.15, -0.1) is 0 Å². The molecular weight excluding hydrogens is 422 g/mol. The molecule has 0 saturated heterocycles. The number of aliphatic hydroxyl groups is 1. The second kappa shape index (κ2) is 14.2. The summed E-state index contributed by atoms with van der Waals surface area (Å²) in [7, 11) is 0. The summed E-state index contributed by atoms with van der Waals surface area (Å²) in [4.78, 5) is 52.4. The Labute approximate surface area is 187 Å². The molecule has 5 atom stereocenters. The maximum absolute atomic E-state index is 12.6. The number of guanidine groups is 1. The summed E-state index contributed by atoms with van der Waals surface area (Å²) < 4.78 is 0. The van der Waals surface area contributed by atoms with Gasteiger partial charge in [0.15, 0.2) is 12.0 Å². The minimum Gasteiger partial charge on any atom is -0.480 e. The van der Waals surface area contributed by atoms with Crippen LogP contribution in [0.3, 0.4) is 0 Å². The number of rotatable bonds is 14. The van der Waals surface area contributed by atoms with Gasteiger partial charge in [-0.25, -0.2) is 4.79 Å². The lowest BCUT2D eigenvalue weighted by Gasteiger charge is -2.24. The molecule has 0 radical (unpaired) electrons. The number of carbonyl (C=O) groups is 4. The molecule has 13 nitrogen and oxygen atoms in total. The van der Waals surface area contributed by atoms with Crippen molar-refractivity contribution >= 4 is 29.7 Å². The zero-order chi connectivity index (χ0) is 25.0. The van der Waals surface area contributed by atoms with Crippen LogP contribution in [0.25, 0.3) is 0 Å². The Morgan fingerprint density at radius 2 is 1.53 bits per heavy atom. The van der Waals surface area contributed by atoms with E-state index in [1.165, 1.54) is 13.8 Å². The number of carboxylic acids is 1. The van der Waals surface area contributed by atoms with E-state index in [-0.39, 0.29) is 24.8 Å². The molecule has 0 aliphatic heterocycles. The monoisotopic (exact) mass is 459 g/mol. The third-order valence-corrected chi connectivity index (χ3v) is 4.44. The van der Waals surface area contributed by atoms with E-state index < -0.39 is 54.0 Å². The van der Waals surface area contributed by atoms with Gasteiger partial charge in [0.25, 0.3) is 0 Å². The van der Waals surface area contributed by atoms with E-state index in [9.17, 15) is 24.3 Å². The first-order valence-electron chi connectivity index (χ1n) is 10.4. The van der Waals surface area contributed by atoms with Crippen LogP contribution in [-0.2, 0) is 19.2 Å². The zero-order valence-electron chi connectivity index (χ0n) is 19.0. The summed E-state index contributed by atoms with van der Waals surface area (Å²) in [5.74, 6) is -3.36. The molecule has 0 heterocycles. The van der Waals surface area contributed by atoms with Gasteiger partial charge in [-0.3, -0.25) is 19.4 Å². The third kappa shape index (κ3) is 11.5. The van der Waals surface area contributed by atoms with Crippen LogP contribution in [0.15, 0.2) is 4.99 Å². The van der Waals surface area contributed by atoms with Gasteiger partial charge in [-0.05, 0) is 39.0 Å². The van der Waals surface area contributed by atoms with E-state index in [0.29, 0.717) is 12.8 Å². The number of hydrogen-bond donors (Lipinski definition) is 8. The number of aliphatic hydroxyl groups excluding tert-OH is 1. The summed E-state index contributed by atoms with van der Waals surface area (Å²) in [5.41, 5.74) is 16.3. The van der Waals surface area contributed by atoms with Crippen molar-refractivity contribution in [1.29, 1.82) is 0 Å². The lowest BCUT2D eigenvalue weighted by molar-refractivity contribution is -0.145. The number of nitrogens with zero attached hydrogens (tertiary/aromatic N) is 1. The maximum atomic E-state index is 12.6. The van der Waals surface area contributed by atoms with Gasteiger partial charge in [0, 0.05) is 6.54 Å². The summed E-state index contributed by atoms with van der Waals surface area (Å²) in [6.07, 6.45) is -0.557. The quantitative estimate of drug-likeness (QED) is 0.0768. The Morgan fingerprint density at radius 1 is 0.938 bits per heavy atom. The predicted octanol–water partition coefficient (Wildman–Crippen LogP) is -2.65. The Bertz CT molecular complexity index is 679. The van der Waals surface area contributed by atoms with Gasteiger partial charge in [0.1, 0.15) is 12.1 Å². The molecule has 0 bridgehead atoms. The van der Waals surface area contributed by atoms with Crippen LogP contribution in [0.2, 0.25) is 0 Å². The smallest absolute Gasteiger partial charge is 0.328 e. The molecule has 0 rings (SSSR count). The molecule has 11 N–H and O–H groups in total. The summed E-state index contributed by atoms with van der Waals surface area (Å²) in [5, 5.41) is 25.9. The minimum absolute atomic E-state index is 0.0774. The Balaban J connectivity index is 5.21. The molecule has 0 aromatic rings. The van der Waals surface area contributed by atoms with Gasteiger partial charge in [-0.2, -0.15) is 0 Å². The van der Waals surface area contributed by atoms with Crippen LogP contribution < -0.4 is 33.2 Å². The average molecular weight is 460 g/mol. The standard InChI is InChI=1S/C19H37N7O6/c1-9(2)8-12(20)16(29)24-10(3)15(28)25-13(6-5-7-23-19(21)22)17(30)26-14(11(4)27)18(31)32/h9-14,27H,5-8,20H2,1-4H3,(H,24,29)(H,25,28)(H,26,30)(H,31,32)(H4,21,22,23). The van der Waals surface area contributed by atoms with Crippen molar-refractivity contribution in [2.24, 2.45) is 28.1 Å². The molecule has 0 aromatic carbocycles. The molecular formula is C19H37N7O6. The molecule has 0 spiro atoms. The van der Waals surface area contributed by atoms with Gasteiger partial charge >= 0.3 is 5.97 Å². The van der Waals surface area contributed by atoms with Crippen LogP contribution in [0.4, 0.5) is 0 Å². The van der Waals surface area contributed by atoms with Crippen molar-refractivity contribution in [2.75, 3.05) is 6.54 Å². The fraction of sp³-hybridized carbons (Fsp3) is 0.737. The molecule has 3 amide bonds. The van der Waals surface area contributed by atoms with Crippen LogP contribution in [0, 0.1) is 5.92 Å². The molecule has 0 fully saturated rings. The highest BCUT2D eigenvalue weighted by Gasteiger charge is 2.30. The zero-order valence-corrected chi connectivity index (χ0v) is 19.0. The van der Waals surface area contributed by atoms with E-state index in [1.54, 1.807) is 0 Å². The average Bonchev–Trinajstić information content (AvgIpc) is 2.66. The van der Waals surface area contributed by atoms with Gasteiger partial charge in [0.05, 0.1) is 12.1 Å². The number of nitrogens with two attached hydrogens (primary N) is 3. The summed E-state index contributed by atoms with van der Waals surface area (Å²) in [6.45, 7) is 6.64. The van der Waals surface area contributed by atoms with Gasteiger partial charge in [-0.1, -0.05) is 13.8 Å². The van der Waals surface area contributed by atoms with Crippen LogP contribution in [-0.4, -0.2) is 76.7 Å². The van der Waals surface area contributed by atoms with E-state index >= 15 is 0 Å². The first-order chi connectivity index (χ1) is 14.8. The van der Waals surface area contributed by atoms with Crippen molar-refractivity contribution in [1.82, 2.24) is 16.0 Å². The molecule has 5 unspecified atom stereocenters. The number of carbonyl (C=O) groups excluding carboxylic acids is 3. The van der Waals surface area contributed by atoms with Crippen molar-refractivity contribution in [2.45, 2.75) is 77.2 Å². The topological polar surface area (TPSA) is 235 Å². The molecule has 0 saturated carbocycles. The van der Waals surface area contributed by atoms with Crippen LogP contribution in [0.1, 0.15) is 47.0 Å². The normalized spacial score (nSPS) is 15.6. The molecule has 13 heteroatoms. The highest BCUT2D eigenvalue weighted by atomic mass is 16.4. The number of nitrogens with one attached hydrogen (secondary N) is 3. The lowest BCUT2D eigenvalue weighted by Crippen LogP contribution is -2.57. The summed E-state index contributed by atoms with van der Waals surface area (Å²) >= 11 is 0. The lowest BCUT2D eigenvalue weighted by atomic mass is 10.0. The Kier molecular flexibility index (Phi) is 12.9. The largest absolute Gasteiger partial charge is 0.480 e. The van der Waals surface area contributed by atoms with Crippen molar-refractivity contribution in [3.8, 4) is 0 Å². The fourth-order valence-electron chi connectivity index (χ4n) is 2.71. The molecule has 32 heavy (non-hydrogen) atoms. The fourth-order valence-corrected chi connectivity index (χ4v) is 2.71. The van der Waals surface area contributed by atoms with E-state index in [1.807, 2.05) is 13.8 Å². The van der Waals surface area contributed by atoms with Gasteiger partial charge in [0.2, 0.25) is 17.7 Å². The molecule has 0 aromatic heterocycles. The number of hydrogen-bond acceptors (Lipinski definition) is 7. The van der Waals surface area contributed by atoms with Crippen molar-refractivity contribution < 1.29 is 29.4 Å². The van der Waals surface area contributed by atoms with E-state index in [4.69, 9.17) is 22.3 Å². The Hall–Kier alpha value is -2.93. The predicted molar refractivity (Wildman–Crippen MR) is 118 cm³/mol. The second-order valence-corrected chi connectivity index (χ2v) is 8.04. The third-order valence-electron chi connectivity index (χ3n) is 4.44. The van der Waals surface area contributed by atoms with E-state index in [0.717, 1.165) is 0 Å². The van der Waals surface area contributed by atoms with Crippen molar-refractivity contribution in [3.05, 3.63) is 0 Å². The minimum atomic E-state index is -1.56. The molecule has 184 valence electrons. The van der Waals surface area contributed by atoms with Crippen LogP contribution >= 0.6 is 0 Å². The van der Waals surface area contributed by atoms with Crippen molar-refractivity contribution in [3.63, 3.8) is 0 Å². The number of amides is 3. The summed E-state index contributed by atoms with van der Waals surface area (Å²) in [6, 6.07) is -4.50. The Morgan fingerprint density at radius 3 is 2.00 bits per heavy atom. The molecule has 0 aliphatic rings. The first-order valence-corrected chi connectivity index (χ1v) is 10.4. The molecule has 0 aliphatic carbocycles. The number of aliphatic imine (C=N–C) groups is 1.